The van der Waals surface area contributed by atoms with Crippen molar-refractivity contribution in [3.05, 3.63) is 35.5 Å². The van der Waals surface area contributed by atoms with Crippen molar-refractivity contribution in [2.45, 2.75) is 71.6 Å². The summed E-state index contributed by atoms with van der Waals surface area (Å²) in [6, 6.07) is 8.97. The van der Waals surface area contributed by atoms with Crippen LogP contribution in [0.2, 0.25) is 0 Å². The van der Waals surface area contributed by atoms with Gasteiger partial charge in [-0.3, -0.25) is 0 Å². The molecule has 0 amide bonds. The van der Waals surface area contributed by atoms with Gasteiger partial charge in [-0.2, -0.15) is 0 Å². The van der Waals surface area contributed by atoms with E-state index in [0.29, 0.717) is 16.2 Å². The Balaban J connectivity index is 1.73. The van der Waals surface area contributed by atoms with Gasteiger partial charge < -0.3 is 4.98 Å². The first-order valence-electron chi connectivity index (χ1n) is 9.98. The Morgan fingerprint density at radius 1 is 1.00 bits per heavy atom. The predicted molar refractivity (Wildman–Crippen MR) is 101 cm³/mol. The number of rotatable bonds is 0. The van der Waals surface area contributed by atoms with Gasteiger partial charge in [0.1, 0.15) is 0 Å². The van der Waals surface area contributed by atoms with E-state index in [1.54, 1.807) is 11.3 Å². The van der Waals surface area contributed by atoms with E-state index in [9.17, 15) is 0 Å². The average molecular weight is 322 g/mol. The molecule has 128 valence electrons. The van der Waals surface area contributed by atoms with Crippen LogP contribution in [0.3, 0.4) is 0 Å². The summed E-state index contributed by atoms with van der Waals surface area (Å²) in [6.07, 6.45) is 8.36. The third-order valence-corrected chi connectivity index (χ3v) is 8.82. The van der Waals surface area contributed by atoms with Crippen molar-refractivity contribution in [2.24, 2.45) is 22.7 Å². The van der Waals surface area contributed by atoms with Crippen LogP contribution in [0.25, 0.3) is 10.9 Å². The number of benzene rings is 1. The fourth-order valence-corrected chi connectivity index (χ4v) is 7.47. The zero-order valence-corrected chi connectivity index (χ0v) is 15.7. The number of aromatic amines is 1. The maximum atomic E-state index is 3.90. The maximum absolute atomic E-state index is 3.90. The minimum Gasteiger partial charge on any atom is -0.358 e. The molecule has 3 aliphatic rings. The molecule has 1 heteroatoms. The highest BCUT2D eigenvalue weighted by Crippen LogP contribution is 2.69. The van der Waals surface area contributed by atoms with Crippen LogP contribution in [0.15, 0.2) is 24.3 Å². The van der Waals surface area contributed by atoms with Crippen LogP contribution in [0.4, 0.5) is 0 Å². The van der Waals surface area contributed by atoms with Gasteiger partial charge in [-0.15, -0.1) is 0 Å². The van der Waals surface area contributed by atoms with Crippen molar-refractivity contribution in [1.82, 2.24) is 4.98 Å². The topological polar surface area (TPSA) is 15.8 Å². The first kappa shape index (κ1) is 15.0. The van der Waals surface area contributed by atoms with E-state index in [1.807, 2.05) is 0 Å². The average Bonchev–Trinajstić information content (AvgIpc) is 3.03. The lowest BCUT2D eigenvalue weighted by molar-refractivity contribution is -0.106. The Morgan fingerprint density at radius 2 is 1.79 bits per heavy atom. The van der Waals surface area contributed by atoms with Gasteiger partial charge in [-0.25, -0.2) is 0 Å². The van der Waals surface area contributed by atoms with Gasteiger partial charge in [-0.1, -0.05) is 52.3 Å². The molecule has 1 aromatic carbocycles. The van der Waals surface area contributed by atoms with E-state index in [1.165, 1.54) is 49.4 Å². The SMILES string of the molecule is CC1(C)CCC[C@@]2(C)[C@H]1CC[C@H]1Cc3c([nH]c4ccccc34)[C@@]12C. The zero-order chi connectivity index (χ0) is 16.7. The second kappa shape index (κ2) is 4.48. The van der Waals surface area contributed by atoms with Crippen molar-refractivity contribution < 1.29 is 0 Å². The summed E-state index contributed by atoms with van der Waals surface area (Å²) in [5.74, 6) is 1.69. The van der Waals surface area contributed by atoms with Crippen LogP contribution in [-0.4, -0.2) is 4.98 Å². The van der Waals surface area contributed by atoms with Crippen LogP contribution in [-0.2, 0) is 11.8 Å². The fraction of sp³-hybridized carbons (Fsp3) is 0.652. The minimum atomic E-state index is 0.321. The molecule has 24 heavy (non-hydrogen) atoms. The molecule has 2 fully saturated rings. The molecule has 1 heterocycles. The van der Waals surface area contributed by atoms with E-state index in [-0.39, 0.29) is 0 Å². The second-order valence-electron chi connectivity index (χ2n) is 10.0. The smallest absolute Gasteiger partial charge is 0.0459 e. The standard InChI is InChI=1S/C23H31N/c1-21(2)12-7-13-22(3)19(21)11-10-15-14-17-16-8-5-6-9-18(16)24-20(17)23(15,22)4/h5-6,8-9,15,19,24H,7,10-14H2,1-4H3/t15-,19-,22-,23+/m0/s1. The molecule has 2 aromatic rings. The highest BCUT2D eigenvalue weighted by Gasteiger charge is 2.64. The largest absolute Gasteiger partial charge is 0.358 e. The lowest BCUT2D eigenvalue weighted by Gasteiger charge is -2.63. The van der Waals surface area contributed by atoms with Gasteiger partial charge in [0, 0.05) is 22.0 Å². The van der Waals surface area contributed by atoms with E-state index in [2.05, 4.69) is 56.9 Å². The molecule has 2 saturated carbocycles. The molecule has 0 aliphatic heterocycles. The van der Waals surface area contributed by atoms with E-state index < -0.39 is 0 Å². The van der Waals surface area contributed by atoms with Crippen molar-refractivity contribution in [2.75, 3.05) is 0 Å². The Hall–Kier alpha value is -1.24. The third kappa shape index (κ3) is 1.57. The number of hydrogen-bond acceptors (Lipinski definition) is 0. The monoisotopic (exact) mass is 321 g/mol. The summed E-state index contributed by atoms with van der Waals surface area (Å²) >= 11 is 0. The van der Waals surface area contributed by atoms with Gasteiger partial charge in [-0.05, 0) is 66.4 Å². The van der Waals surface area contributed by atoms with Gasteiger partial charge in [0.2, 0.25) is 0 Å². The van der Waals surface area contributed by atoms with Crippen molar-refractivity contribution >= 4 is 10.9 Å². The first-order valence-corrected chi connectivity index (χ1v) is 9.98. The highest BCUT2D eigenvalue weighted by atomic mass is 14.8. The van der Waals surface area contributed by atoms with Gasteiger partial charge >= 0.3 is 0 Å². The summed E-state index contributed by atoms with van der Waals surface area (Å²) in [7, 11) is 0. The van der Waals surface area contributed by atoms with Crippen molar-refractivity contribution in [1.29, 1.82) is 0 Å². The summed E-state index contributed by atoms with van der Waals surface area (Å²) < 4.78 is 0. The van der Waals surface area contributed by atoms with Crippen LogP contribution in [0.5, 0.6) is 0 Å². The molecule has 1 nitrogen and oxygen atoms in total. The number of H-pyrrole nitrogens is 1. The van der Waals surface area contributed by atoms with Crippen molar-refractivity contribution in [3.8, 4) is 0 Å². The third-order valence-electron chi connectivity index (χ3n) is 8.82. The van der Waals surface area contributed by atoms with Crippen LogP contribution in [0.1, 0.15) is 71.1 Å². The molecule has 4 atom stereocenters. The van der Waals surface area contributed by atoms with Gasteiger partial charge in [0.15, 0.2) is 0 Å². The van der Waals surface area contributed by atoms with Crippen LogP contribution < -0.4 is 0 Å². The van der Waals surface area contributed by atoms with E-state index in [0.717, 1.165) is 11.8 Å². The number of para-hydroxylation sites is 1. The van der Waals surface area contributed by atoms with Crippen molar-refractivity contribution in [3.63, 3.8) is 0 Å². The number of nitrogens with one attached hydrogen (secondary N) is 1. The Bertz CT molecular complexity index is 813. The Kier molecular flexibility index (Phi) is 2.81. The quantitative estimate of drug-likeness (QED) is 0.592. The number of hydrogen-bond donors (Lipinski definition) is 1. The molecule has 0 radical (unpaired) electrons. The minimum absolute atomic E-state index is 0.321. The zero-order valence-electron chi connectivity index (χ0n) is 15.7. The molecular formula is C23H31N. The lowest BCUT2D eigenvalue weighted by atomic mass is 9.41. The summed E-state index contributed by atoms with van der Waals surface area (Å²) in [5, 5.41) is 1.48. The molecule has 1 aromatic heterocycles. The fourth-order valence-electron chi connectivity index (χ4n) is 7.47. The summed E-state index contributed by atoms with van der Waals surface area (Å²) in [4.78, 5) is 3.90. The van der Waals surface area contributed by atoms with Crippen LogP contribution in [0, 0.1) is 22.7 Å². The lowest BCUT2D eigenvalue weighted by Crippen LogP contribution is -2.58. The number of fused-ring (bicyclic) bond motifs is 7. The van der Waals surface area contributed by atoms with E-state index >= 15 is 0 Å². The molecule has 0 spiro atoms. The predicted octanol–water partition coefficient (Wildman–Crippen LogP) is 6.22. The van der Waals surface area contributed by atoms with Crippen LogP contribution >= 0.6 is 0 Å². The summed E-state index contributed by atoms with van der Waals surface area (Å²) in [6.45, 7) is 10.3. The van der Waals surface area contributed by atoms with E-state index in [4.69, 9.17) is 0 Å². The molecule has 3 aliphatic carbocycles. The Labute approximate surface area is 146 Å². The van der Waals surface area contributed by atoms with Gasteiger partial charge in [0.25, 0.3) is 0 Å². The van der Waals surface area contributed by atoms with Gasteiger partial charge in [0.05, 0.1) is 0 Å². The molecule has 5 rings (SSSR count). The first-order chi connectivity index (χ1) is 11.4. The molecular weight excluding hydrogens is 290 g/mol. The maximum Gasteiger partial charge on any atom is 0.0459 e. The molecule has 0 bridgehead atoms. The molecule has 0 unspecified atom stereocenters. The second-order valence-corrected chi connectivity index (χ2v) is 10.0. The molecule has 0 saturated heterocycles. The normalized spacial score (nSPS) is 40.2. The summed E-state index contributed by atoms with van der Waals surface area (Å²) in [5.41, 5.74) is 5.84. The molecule has 1 N–H and O–H groups in total. The highest BCUT2D eigenvalue weighted by molar-refractivity contribution is 5.86. The Morgan fingerprint density at radius 3 is 2.62 bits per heavy atom. The number of aromatic nitrogens is 1.